The SMILES string of the molecule is CCC(O)CCCN1CCC2C(CCCN2C)C1. The van der Waals surface area contributed by atoms with Crippen molar-refractivity contribution in [3.8, 4) is 0 Å². The first-order chi connectivity index (χ1) is 8.70. The molecule has 2 fully saturated rings. The van der Waals surface area contributed by atoms with Gasteiger partial charge in [-0.15, -0.1) is 0 Å². The van der Waals surface area contributed by atoms with Gasteiger partial charge in [-0.2, -0.15) is 0 Å². The molecule has 0 saturated carbocycles. The van der Waals surface area contributed by atoms with Crippen molar-refractivity contribution in [2.45, 2.75) is 57.6 Å². The van der Waals surface area contributed by atoms with Crippen molar-refractivity contribution < 1.29 is 5.11 Å². The van der Waals surface area contributed by atoms with E-state index in [0.29, 0.717) is 0 Å². The minimum atomic E-state index is -0.0802. The van der Waals surface area contributed by atoms with Crippen LogP contribution in [0.25, 0.3) is 0 Å². The second-order valence-electron chi connectivity index (χ2n) is 6.24. The van der Waals surface area contributed by atoms with Crippen LogP contribution in [0.4, 0.5) is 0 Å². The monoisotopic (exact) mass is 254 g/mol. The highest BCUT2D eigenvalue weighted by atomic mass is 16.3. The number of hydrogen-bond donors (Lipinski definition) is 1. The van der Waals surface area contributed by atoms with E-state index in [1.165, 1.54) is 45.4 Å². The summed E-state index contributed by atoms with van der Waals surface area (Å²) in [5.74, 6) is 0.897. The van der Waals surface area contributed by atoms with Crippen LogP contribution >= 0.6 is 0 Å². The predicted octanol–water partition coefficient (Wildman–Crippen LogP) is 1.95. The summed E-state index contributed by atoms with van der Waals surface area (Å²) in [6.07, 6.45) is 7.09. The summed E-state index contributed by atoms with van der Waals surface area (Å²) in [6, 6.07) is 0.844. The fraction of sp³-hybridized carbons (Fsp3) is 1.00. The highest BCUT2D eigenvalue weighted by molar-refractivity contribution is 4.89. The van der Waals surface area contributed by atoms with Gasteiger partial charge in [-0.25, -0.2) is 0 Å². The van der Waals surface area contributed by atoms with Gasteiger partial charge in [0.15, 0.2) is 0 Å². The molecule has 1 N–H and O–H groups in total. The third-order valence-electron chi connectivity index (χ3n) is 4.91. The smallest absolute Gasteiger partial charge is 0.0538 e. The second-order valence-corrected chi connectivity index (χ2v) is 6.24. The standard InChI is InChI=1S/C15H30N2O/c1-3-14(18)7-5-10-17-11-8-15-13(12-17)6-4-9-16(15)2/h13-15,18H,3-12H2,1-2H3. The molecule has 0 radical (unpaired) electrons. The quantitative estimate of drug-likeness (QED) is 0.812. The van der Waals surface area contributed by atoms with Crippen molar-refractivity contribution in [1.82, 2.24) is 9.80 Å². The molecule has 3 unspecified atom stereocenters. The van der Waals surface area contributed by atoms with Crippen LogP contribution < -0.4 is 0 Å². The maximum atomic E-state index is 9.58. The fourth-order valence-electron chi connectivity index (χ4n) is 3.69. The topological polar surface area (TPSA) is 26.7 Å². The number of piperidine rings is 2. The average molecular weight is 254 g/mol. The summed E-state index contributed by atoms with van der Waals surface area (Å²) < 4.78 is 0. The molecule has 2 saturated heterocycles. The zero-order valence-electron chi connectivity index (χ0n) is 12.1. The Morgan fingerprint density at radius 3 is 2.89 bits per heavy atom. The van der Waals surface area contributed by atoms with Crippen molar-refractivity contribution in [1.29, 1.82) is 0 Å². The molecule has 2 aliphatic heterocycles. The second kappa shape index (κ2) is 6.88. The first-order valence-corrected chi connectivity index (χ1v) is 7.81. The molecular weight excluding hydrogens is 224 g/mol. The van der Waals surface area contributed by atoms with Crippen molar-refractivity contribution >= 4 is 0 Å². The minimum absolute atomic E-state index is 0.0802. The van der Waals surface area contributed by atoms with Crippen LogP contribution in [-0.4, -0.2) is 60.3 Å². The van der Waals surface area contributed by atoms with Gasteiger partial charge in [-0.1, -0.05) is 6.92 Å². The lowest BCUT2D eigenvalue weighted by atomic mass is 9.84. The molecule has 3 heteroatoms. The van der Waals surface area contributed by atoms with Gasteiger partial charge in [0.25, 0.3) is 0 Å². The zero-order valence-corrected chi connectivity index (χ0v) is 12.1. The van der Waals surface area contributed by atoms with Crippen LogP contribution in [0.2, 0.25) is 0 Å². The Balaban J connectivity index is 1.70. The number of aliphatic hydroxyl groups excluding tert-OH is 1. The Morgan fingerprint density at radius 1 is 1.28 bits per heavy atom. The Morgan fingerprint density at radius 2 is 2.11 bits per heavy atom. The fourth-order valence-corrected chi connectivity index (χ4v) is 3.69. The molecule has 2 heterocycles. The predicted molar refractivity (Wildman–Crippen MR) is 75.7 cm³/mol. The van der Waals surface area contributed by atoms with Gasteiger partial charge in [0.1, 0.15) is 0 Å². The number of aliphatic hydroxyl groups is 1. The van der Waals surface area contributed by atoms with E-state index in [-0.39, 0.29) is 6.10 Å². The maximum absolute atomic E-state index is 9.58. The van der Waals surface area contributed by atoms with Crippen LogP contribution in [-0.2, 0) is 0 Å². The van der Waals surface area contributed by atoms with E-state index in [1.54, 1.807) is 0 Å². The van der Waals surface area contributed by atoms with Gasteiger partial charge in [0, 0.05) is 12.6 Å². The highest BCUT2D eigenvalue weighted by Crippen LogP contribution is 2.29. The Labute approximate surface area is 112 Å². The van der Waals surface area contributed by atoms with Crippen LogP contribution in [0.1, 0.15) is 45.4 Å². The molecular formula is C15H30N2O. The Kier molecular flexibility index (Phi) is 5.46. The van der Waals surface area contributed by atoms with Crippen LogP contribution in [0.3, 0.4) is 0 Å². The van der Waals surface area contributed by atoms with Gasteiger partial charge in [-0.3, -0.25) is 0 Å². The Bertz CT molecular complexity index is 247. The van der Waals surface area contributed by atoms with Gasteiger partial charge in [0.2, 0.25) is 0 Å². The molecule has 2 aliphatic rings. The lowest BCUT2D eigenvalue weighted by molar-refractivity contribution is 0.0363. The van der Waals surface area contributed by atoms with Crippen molar-refractivity contribution in [3.05, 3.63) is 0 Å². The molecule has 0 aromatic rings. The zero-order chi connectivity index (χ0) is 13.0. The third-order valence-corrected chi connectivity index (χ3v) is 4.91. The van der Waals surface area contributed by atoms with E-state index in [9.17, 15) is 5.11 Å². The number of rotatable bonds is 5. The third kappa shape index (κ3) is 3.69. The van der Waals surface area contributed by atoms with Gasteiger partial charge < -0.3 is 14.9 Å². The van der Waals surface area contributed by atoms with Crippen LogP contribution in [0, 0.1) is 5.92 Å². The van der Waals surface area contributed by atoms with Gasteiger partial charge in [-0.05, 0) is 71.1 Å². The number of likely N-dealkylation sites (tertiary alicyclic amines) is 2. The van der Waals surface area contributed by atoms with Gasteiger partial charge >= 0.3 is 0 Å². The summed E-state index contributed by atoms with van der Waals surface area (Å²) >= 11 is 0. The van der Waals surface area contributed by atoms with E-state index in [2.05, 4.69) is 23.8 Å². The lowest BCUT2D eigenvalue weighted by Crippen LogP contribution is -2.52. The number of fused-ring (bicyclic) bond motifs is 1. The van der Waals surface area contributed by atoms with E-state index in [1.807, 2.05) is 0 Å². The van der Waals surface area contributed by atoms with Crippen molar-refractivity contribution in [3.63, 3.8) is 0 Å². The maximum Gasteiger partial charge on any atom is 0.0538 e. The van der Waals surface area contributed by atoms with Crippen LogP contribution in [0.15, 0.2) is 0 Å². The minimum Gasteiger partial charge on any atom is -0.393 e. The molecule has 3 atom stereocenters. The summed E-state index contributed by atoms with van der Waals surface area (Å²) in [5, 5.41) is 9.58. The highest BCUT2D eigenvalue weighted by Gasteiger charge is 2.33. The molecule has 0 amide bonds. The molecule has 0 spiro atoms. The molecule has 106 valence electrons. The average Bonchev–Trinajstić information content (AvgIpc) is 2.38. The normalized spacial score (nSPS) is 32.2. The molecule has 0 aromatic carbocycles. The number of hydrogen-bond acceptors (Lipinski definition) is 3. The van der Waals surface area contributed by atoms with E-state index in [0.717, 1.165) is 31.2 Å². The summed E-state index contributed by atoms with van der Waals surface area (Å²) in [5.41, 5.74) is 0. The Hall–Kier alpha value is -0.120. The van der Waals surface area contributed by atoms with Crippen LogP contribution in [0.5, 0.6) is 0 Å². The molecule has 3 nitrogen and oxygen atoms in total. The molecule has 18 heavy (non-hydrogen) atoms. The molecule has 0 aromatic heterocycles. The first-order valence-electron chi connectivity index (χ1n) is 7.81. The molecule has 0 aliphatic carbocycles. The molecule has 0 bridgehead atoms. The first kappa shape index (κ1) is 14.3. The summed E-state index contributed by atoms with van der Waals surface area (Å²) in [4.78, 5) is 5.20. The lowest BCUT2D eigenvalue weighted by Gasteiger charge is -2.46. The van der Waals surface area contributed by atoms with Crippen molar-refractivity contribution in [2.75, 3.05) is 33.2 Å². The summed E-state index contributed by atoms with van der Waals surface area (Å²) in [7, 11) is 2.30. The van der Waals surface area contributed by atoms with E-state index >= 15 is 0 Å². The van der Waals surface area contributed by atoms with E-state index in [4.69, 9.17) is 0 Å². The van der Waals surface area contributed by atoms with Crippen molar-refractivity contribution in [2.24, 2.45) is 5.92 Å². The summed E-state index contributed by atoms with van der Waals surface area (Å²) in [6.45, 7) is 7.09. The van der Waals surface area contributed by atoms with E-state index < -0.39 is 0 Å². The molecule has 2 rings (SSSR count). The number of nitrogens with zero attached hydrogens (tertiary/aromatic N) is 2. The largest absolute Gasteiger partial charge is 0.393 e. The van der Waals surface area contributed by atoms with Gasteiger partial charge in [0.05, 0.1) is 6.10 Å².